The van der Waals surface area contributed by atoms with Crippen LogP contribution < -0.4 is 5.73 Å². The molecular formula is C14H24N4O. The Morgan fingerprint density at radius 3 is 2.89 bits per heavy atom. The van der Waals surface area contributed by atoms with Gasteiger partial charge in [-0.15, -0.1) is 0 Å². The number of aromatic nitrogens is 2. The smallest absolute Gasteiger partial charge is 0.223 e. The fraction of sp³-hybridized carbons (Fsp3) is 0.714. The summed E-state index contributed by atoms with van der Waals surface area (Å²) in [5.74, 6) is 1.61. The van der Waals surface area contributed by atoms with Crippen molar-refractivity contribution in [2.45, 2.75) is 45.2 Å². The molecule has 0 aromatic carbocycles. The Labute approximate surface area is 114 Å². The number of amides is 1. The number of carbonyl (C=O) groups excluding carboxylic acids is 1. The molecule has 19 heavy (non-hydrogen) atoms. The van der Waals surface area contributed by atoms with Crippen LogP contribution in [0.5, 0.6) is 0 Å². The van der Waals surface area contributed by atoms with Gasteiger partial charge in [-0.1, -0.05) is 6.92 Å². The molecule has 0 spiro atoms. The lowest BCUT2D eigenvalue weighted by Crippen LogP contribution is -2.33. The zero-order valence-electron chi connectivity index (χ0n) is 11.9. The van der Waals surface area contributed by atoms with E-state index in [1.54, 1.807) is 6.20 Å². The van der Waals surface area contributed by atoms with Crippen molar-refractivity contribution in [3.05, 3.63) is 18.2 Å². The number of carbonyl (C=O) groups is 1. The Morgan fingerprint density at radius 1 is 1.63 bits per heavy atom. The van der Waals surface area contributed by atoms with Crippen molar-refractivity contribution >= 4 is 5.91 Å². The maximum atomic E-state index is 12.3. The predicted octanol–water partition coefficient (Wildman–Crippen LogP) is 1.29. The Hall–Kier alpha value is -1.36. The van der Waals surface area contributed by atoms with Crippen LogP contribution in [0.4, 0.5) is 0 Å². The summed E-state index contributed by atoms with van der Waals surface area (Å²) in [5.41, 5.74) is 5.60. The molecule has 106 valence electrons. The minimum atomic E-state index is 0.241. The molecule has 1 aromatic rings. The van der Waals surface area contributed by atoms with E-state index in [0.717, 1.165) is 25.1 Å². The van der Waals surface area contributed by atoms with Gasteiger partial charge in [-0.25, -0.2) is 4.98 Å². The highest BCUT2D eigenvalue weighted by Crippen LogP contribution is 2.29. The average Bonchev–Trinajstić information content (AvgIpc) is 3.17. The Balaban J connectivity index is 1.92. The van der Waals surface area contributed by atoms with Crippen LogP contribution in [0.1, 0.15) is 38.4 Å². The van der Waals surface area contributed by atoms with E-state index < -0.39 is 0 Å². The molecule has 1 unspecified atom stereocenters. The summed E-state index contributed by atoms with van der Waals surface area (Å²) in [6.07, 6.45) is 7.42. The lowest BCUT2D eigenvalue weighted by Gasteiger charge is -2.22. The third-order valence-corrected chi connectivity index (χ3v) is 3.79. The van der Waals surface area contributed by atoms with Crippen LogP contribution in [0.15, 0.2) is 12.4 Å². The number of hydrogen-bond acceptors (Lipinski definition) is 3. The largest absolute Gasteiger partial charge is 0.337 e. The molecule has 1 aromatic heterocycles. The Bertz CT molecular complexity index is 425. The first-order valence-electron chi connectivity index (χ1n) is 7.07. The molecule has 1 aliphatic carbocycles. The summed E-state index contributed by atoms with van der Waals surface area (Å²) < 4.78 is 1.98. The second-order valence-electron chi connectivity index (χ2n) is 5.59. The zero-order valence-corrected chi connectivity index (χ0v) is 11.9. The molecule has 0 saturated heterocycles. The number of hydrogen-bond donors (Lipinski definition) is 1. The van der Waals surface area contributed by atoms with Crippen molar-refractivity contribution < 1.29 is 4.79 Å². The molecule has 1 amide bonds. The maximum Gasteiger partial charge on any atom is 0.223 e. The van der Waals surface area contributed by atoms with Crippen LogP contribution >= 0.6 is 0 Å². The van der Waals surface area contributed by atoms with Gasteiger partial charge in [-0.2, -0.15) is 0 Å². The van der Waals surface area contributed by atoms with E-state index in [4.69, 9.17) is 5.73 Å². The summed E-state index contributed by atoms with van der Waals surface area (Å²) >= 11 is 0. The topological polar surface area (TPSA) is 64.2 Å². The molecule has 1 aliphatic rings. The third-order valence-electron chi connectivity index (χ3n) is 3.79. The molecule has 1 saturated carbocycles. The maximum absolute atomic E-state index is 12.3. The van der Waals surface area contributed by atoms with Crippen LogP contribution in [0, 0.1) is 5.92 Å². The van der Waals surface area contributed by atoms with Crippen molar-refractivity contribution in [2.24, 2.45) is 18.7 Å². The van der Waals surface area contributed by atoms with E-state index in [0.29, 0.717) is 31.5 Å². The van der Waals surface area contributed by atoms with Crippen molar-refractivity contribution in [2.75, 3.05) is 6.54 Å². The molecule has 1 heterocycles. The van der Waals surface area contributed by atoms with Gasteiger partial charge in [0.2, 0.25) is 5.91 Å². The van der Waals surface area contributed by atoms with Gasteiger partial charge in [-0.3, -0.25) is 4.79 Å². The van der Waals surface area contributed by atoms with Crippen LogP contribution in [0.2, 0.25) is 0 Å². The highest BCUT2D eigenvalue weighted by atomic mass is 16.2. The molecule has 0 bridgehead atoms. The molecule has 0 radical (unpaired) electrons. The van der Waals surface area contributed by atoms with E-state index >= 15 is 0 Å². The highest BCUT2D eigenvalue weighted by molar-refractivity contribution is 5.76. The van der Waals surface area contributed by atoms with Crippen LogP contribution in [-0.4, -0.2) is 32.9 Å². The monoisotopic (exact) mass is 264 g/mol. The van der Waals surface area contributed by atoms with Crippen LogP contribution in [-0.2, 0) is 18.4 Å². The molecule has 1 fully saturated rings. The van der Waals surface area contributed by atoms with Gasteiger partial charge in [0.05, 0.1) is 6.54 Å². The molecule has 1 atom stereocenters. The van der Waals surface area contributed by atoms with E-state index in [9.17, 15) is 4.79 Å². The summed E-state index contributed by atoms with van der Waals surface area (Å²) in [7, 11) is 1.97. The third kappa shape index (κ3) is 3.80. The van der Waals surface area contributed by atoms with E-state index in [2.05, 4.69) is 11.9 Å². The van der Waals surface area contributed by atoms with Gasteiger partial charge >= 0.3 is 0 Å². The summed E-state index contributed by atoms with van der Waals surface area (Å²) in [5, 5.41) is 0. The summed E-state index contributed by atoms with van der Waals surface area (Å²) in [6.45, 7) is 3.37. The van der Waals surface area contributed by atoms with Crippen molar-refractivity contribution in [3.8, 4) is 0 Å². The summed E-state index contributed by atoms with van der Waals surface area (Å²) in [6, 6.07) is 0.428. The molecule has 0 aliphatic heterocycles. The quantitative estimate of drug-likeness (QED) is 0.807. The minimum absolute atomic E-state index is 0.241. The van der Waals surface area contributed by atoms with Crippen molar-refractivity contribution in [1.82, 2.24) is 14.5 Å². The number of aryl methyl sites for hydroxylation is 1. The first-order chi connectivity index (χ1) is 9.11. The van der Waals surface area contributed by atoms with Crippen LogP contribution in [0.3, 0.4) is 0 Å². The number of rotatable bonds is 7. The normalized spacial score (nSPS) is 16.4. The van der Waals surface area contributed by atoms with Gasteiger partial charge in [0.15, 0.2) is 0 Å². The fourth-order valence-electron chi connectivity index (χ4n) is 2.14. The van der Waals surface area contributed by atoms with Gasteiger partial charge in [0.1, 0.15) is 5.82 Å². The van der Waals surface area contributed by atoms with Crippen LogP contribution in [0.25, 0.3) is 0 Å². The molecule has 2 rings (SSSR count). The second-order valence-corrected chi connectivity index (χ2v) is 5.59. The lowest BCUT2D eigenvalue weighted by molar-refractivity contribution is -0.132. The summed E-state index contributed by atoms with van der Waals surface area (Å²) in [4.78, 5) is 18.6. The first-order valence-corrected chi connectivity index (χ1v) is 7.07. The van der Waals surface area contributed by atoms with Gasteiger partial charge in [0, 0.05) is 31.9 Å². The Kier molecular flexibility index (Phi) is 4.58. The average molecular weight is 264 g/mol. The molecular weight excluding hydrogens is 240 g/mol. The van der Waals surface area contributed by atoms with E-state index in [-0.39, 0.29) is 5.91 Å². The number of nitrogens with two attached hydrogens (primary N) is 1. The SMILES string of the molecule is CC(CN)CCC(=O)N(Cc1nccn1C)C1CC1. The molecule has 2 N–H and O–H groups in total. The molecule has 5 nitrogen and oxygen atoms in total. The minimum Gasteiger partial charge on any atom is -0.337 e. The van der Waals surface area contributed by atoms with Gasteiger partial charge < -0.3 is 15.2 Å². The fourth-order valence-corrected chi connectivity index (χ4v) is 2.14. The van der Waals surface area contributed by atoms with Gasteiger partial charge in [-0.05, 0) is 31.7 Å². The standard InChI is InChI=1S/C14H24N4O/c1-11(9-15)3-6-14(19)18(12-4-5-12)10-13-16-7-8-17(13)2/h7-8,11-12H,3-6,9-10,15H2,1-2H3. The number of imidazole rings is 1. The lowest BCUT2D eigenvalue weighted by atomic mass is 10.1. The van der Waals surface area contributed by atoms with E-state index in [1.807, 2.05) is 22.7 Å². The van der Waals surface area contributed by atoms with E-state index in [1.165, 1.54) is 0 Å². The van der Waals surface area contributed by atoms with Gasteiger partial charge in [0.25, 0.3) is 0 Å². The Morgan fingerprint density at radius 2 is 2.37 bits per heavy atom. The van der Waals surface area contributed by atoms with Crippen molar-refractivity contribution in [3.63, 3.8) is 0 Å². The zero-order chi connectivity index (χ0) is 13.8. The second kappa shape index (κ2) is 6.19. The molecule has 5 heteroatoms. The van der Waals surface area contributed by atoms with Crippen molar-refractivity contribution in [1.29, 1.82) is 0 Å². The first kappa shape index (κ1) is 14.1. The highest BCUT2D eigenvalue weighted by Gasteiger charge is 2.32. The number of nitrogens with zero attached hydrogens (tertiary/aromatic N) is 3. The predicted molar refractivity (Wildman–Crippen MR) is 74.2 cm³/mol.